The number of ketones is 1. The van der Waals surface area contributed by atoms with E-state index in [2.05, 4.69) is 15.1 Å². The number of carbonyl (C=O) groups is 3. The third-order valence-corrected chi connectivity index (χ3v) is 5.94. The Hall–Kier alpha value is -4.38. The summed E-state index contributed by atoms with van der Waals surface area (Å²) in [6, 6.07) is 11.4. The summed E-state index contributed by atoms with van der Waals surface area (Å²) in [5, 5.41) is 12.9. The van der Waals surface area contributed by atoms with Crippen molar-refractivity contribution in [2.75, 3.05) is 26.2 Å². The maximum atomic E-state index is 14.8. The molecule has 2 N–H and O–H groups in total. The lowest BCUT2D eigenvalue weighted by atomic mass is 10.0. The van der Waals surface area contributed by atoms with Crippen molar-refractivity contribution in [1.82, 2.24) is 24.9 Å². The Kier molecular flexibility index (Phi) is 5.83. The number of aliphatic hydroxyl groups excluding tert-OH is 1. The molecule has 0 atom stereocenters. The molecule has 0 aliphatic carbocycles. The van der Waals surface area contributed by atoms with Crippen molar-refractivity contribution in [2.45, 2.75) is 6.61 Å². The van der Waals surface area contributed by atoms with Crippen LogP contribution < -0.4 is 0 Å². The molecule has 11 heteroatoms. The van der Waals surface area contributed by atoms with Gasteiger partial charge in [-0.2, -0.15) is 4.98 Å². The van der Waals surface area contributed by atoms with Crippen LogP contribution >= 0.6 is 0 Å². The van der Waals surface area contributed by atoms with Crippen molar-refractivity contribution in [3.8, 4) is 11.4 Å². The number of hydrogen-bond acceptors (Lipinski definition) is 7. The molecule has 2 aromatic carbocycles. The standard InChI is InChI=1S/C24H20FN5O5/c25-17-7-6-15(22-27-18(13-31)35-28-22)20-19(17)16(12-26-20)21(32)24(34)30-10-8-29(9-11-30)23(33)14-4-2-1-3-5-14/h1-7,12,26,31H,8-11,13H2. The van der Waals surface area contributed by atoms with Gasteiger partial charge in [-0.25, -0.2) is 4.39 Å². The van der Waals surface area contributed by atoms with E-state index in [-0.39, 0.29) is 60.3 Å². The number of Topliss-reactive ketones (excluding diaryl/α,β-unsaturated/α-hetero) is 1. The fraction of sp³-hybridized carbons (Fsp3) is 0.208. The molecular weight excluding hydrogens is 457 g/mol. The number of benzene rings is 2. The lowest BCUT2D eigenvalue weighted by molar-refractivity contribution is -0.127. The van der Waals surface area contributed by atoms with E-state index in [1.807, 2.05) is 6.07 Å². The predicted octanol–water partition coefficient (Wildman–Crippen LogP) is 2.02. The average molecular weight is 477 g/mol. The molecule has 1 fully saturated rings. The number of hydrogen-bond donors (Lipinski definition) is 2. The van der Waals surface area contributed by atoms with E-state index < -0.39 is 24.1 Å². The molecule has 0 radical (unpaired) electrons. The molecule has 0 bridgehead atoms. The van der Waals surface area contributed by atoms with Gasteiger partial charge in [-0.15, -0.1) is 0 Å². The second kappa shape index (κ2) is 9.11. The van der Waals surface area contributed by atoms with Crippen LogP contribution in [-0.2, 0) is 11.4 Å². The minimum atomic E-state index is -0.862. The Labute approximate surface area is 197 Å². The highest BCUT2D eigenvalue weighted by Gasteiger charge is 2.31. The van der Waals surface area contributed by atoms with Crippen molar-refractivity contribution in [3.63, 3.8) is 0 Å². The van der Waals surface area contributed by atoms with E-state index in [9.17, 15) is 18.8 Å². The zero-order chi connectivity index (χ0) is 24.5. The number of nitrogens with zero attached hydrogens (tertiary/aromatic N) is 4. The summed E-state index contributed by atoms with van der Waals surface area (Å²) >= 11 is 0. The number of H-pyrrole nitrogens is 1. The van der Waals surface area contributed by atoms with E-state index in [1.165, 1.54) is 17.2 Å². The van der Waals surface area contributed by atoms with E-state index in [0.717, 1.165) is 6.07 Å². The van der Waals surface area contributed by atoms with Gasteiger partial charge < -0.3 is 24.4 Å². The highest BCUT2D eigenvalue weighted by Crippen LogP contribution is 2.31. The Morgan fingerprint density at radius 3 is 2.43 bits per heavy atom. The second-order valence-corrected chi connectivity index (χ2v) is 8.00. The summed E-state index contributed by atoms with van der Waals surface area (Å²) in [6.07, 6.45) is 1.28. The number of fused-ring (bicyclic) bond motifs is 1. The molecule has 2 aromatic heterocycles. The van der Waals surface area contributed by atoms with Gasteiger partial charge >= 0.3 is 0 Å². The number of rotatable bonds is 5. The molecule has 0 spiro atoms. The summed E-state index contributed by atoms with van der Waals surface area (Å²) in [7, 11) is 0. The van der Waals surface area contributed by atoms with Crippen LogP contribution in [0.5, 0.6) is 0 Å². The number of halogens is 1. The minimum Gasteiger partial charge on any atom is -0.387 e. The number of nitrogens with one attached hydrogen (secondary N) is 1. The van der Waals surface area contributed by atoms with E-state index in [1.54, 1.807) is 29.2 Å². The van der Waals surface area contributed by atoms with Gasteiger partial charge in [0.2, 0.25) is 5.82 Å². The molecule has 1 aliphatic rings. The van der Waals surface area contributed by atoms with Crippen molar-refractivity contribution in [3.05, 3.63) is 71.5 Å². The van der Waals surface area contributed by atoms with Crippen LogP contribution in [0.25, 0.3) is 22.3 Å². The van der Waals surface area contributed by atoms with E-state index in [4.69, 9.17) is 9.63 Å². The zero-order valence-electron chi connectivity index (χ0n) is 18.4. The third-order valence-electron chi connectivity index (χ3n) is 5.94. The summed E-state index contributed by atoms with van der Waals surface area (Å²) < 4.78 is 19.7. The Bertz CT molecular complexity index is 1420. The molecule has 4 aromatic rings. The number of piperazine rings is 1. The quantitative estimate of drug-likeness (QED) is 0.332. The van der Waals surface area contributed by atoms with Gasteiger partial charge in [-0.3, -0.25) is 14.4 Å². The highest BCUT2D eigenvalue weighted by atomic mass is 19.1. The van der Waals surface area contributed by atoms with Gasteiger partial charge in [0, 0.05) is 48.9 Å². The molecule has 178 valence electrons. The Morgan fingerprint density at radius 2 is 1.74 bits per heavy atom. The molecule has 35 heavy (non-hydrogen) atoms. The molecule has 2 amide bonds. The number of aromatic nitrogens is 3. The predicted molar refractivity (Wildman–Crippen MR) is 121 cm³/mol. The number of carbonyl (C=O) groups excluding carboxylic acids is 3. The van der Waals surface area contributed by atoms with Gasteiger partial charge in [0.25, 0.3) is 23.5 Å². The fourth-order valence-electron chi connectivity index (χ4n) is 4.14. The fourth-order valence-corrected chi connectivity index (χ4v) is 4.14. The van der Waals surface area contributed by atoms with E-state index in [0.29, 0.717) is 11.1 Å². The molecule has 0 saturated carbocycles. The van der Waals surface area contributed by atoms with Gasteiger partial charge in [-0.05, 0) is 24.3 Å². The van der Waals surface area contributed by atoms with Gasteiger partial charge in [0.05, 0.1) is 11.1 Å². The second-order valence-electron chi connectivity index (χ2n) is 8.00. The van der Waals surface area contributed by atoms with Crippen LogP contribution in [0.1, 0.15) is 26.6 Å². The van der Waals surface area contributed by atoms with Crippen LogP contribution in [0.2, 0.25) is 0 Å². The molecule has 0 unspecified atom stereocenters. The molecule has 1 aliphatic heterocycles. The van der Waals surface area contributed by atoms with Gasteiger partial charge in [0.15, 0.2) is 0 Å². The summed E-state index contributed by atoms with van der Waals surface area (Å²) in [5.74, 6) is -2.37. The van der Waals surface area contributed by atoms with Crippen molar-refractivity contribution >= 4 is 28.5 Å². The SMILES string of the molecule is O=C(C(=O)N1CCN(C(=O)c2ccccc2)CC1)c1c[nH]c2c(-c3noc(CO)n3)ccc(F)c12. The largest absolute Gasteiger partial charge is 0.387 e. The zero-order valence-corrected chi connectivity index (χ0v) is 18.4. The van der Waals surface area contributed by atoms with Crippen LogP contribution in [0.4, 0.5) is 4.39 Å². The first-order valence-corrected chi connectivity index (χ1v) is 10.9. The lowest BCUT2D eigenvalue weighted by Gasteiger charge is -2.34. The number of amides is 2. The van der Waals surface area contributed by atoms with Crippen LogP contribution in [0.15, 0.2) is 53.2 Å². The van der Waals surface area contributed by atoms with Crippen LogP contribution in [-0.4, -0.2) is 73.8 Å². The Morgan fingerprint density at radius 1 is 1.03 bits per heavy atom. The van der Waals surface area contributed by atoms with Crippen molar-refractivity contribution < 1.29 is 28.4 Å². The minimum absolute atomic E-state index is 0.0135. The monoisotopic (exact) mass is 477 g/mol. The van der Waals surface area contributed by atoms with Gasteiger partial charge in [0.1, 0.15) is 12.4 Å². The normalized spacial score (nSPS) is 13.9. The maximum Gasteiger partial charge on any atom is 0.295 e. The molecule has 10 nitrogen and oxygen atoms in total. The third kappa shape index (κ3) is 4.06. The number of aliphatic hydroxyl groups is 1. The van der Waals surface area contributed by atoms with Gasteiger partial charge in [-0.1, -0.05) is 23.4 Å². The molecular formula is C24H20FN5O5. The lowest BCUT2D eigenvalue weighted by Crippen LogP contribution is -2.52. The smallest absolute Gasteiger partial charge is 0.295 e. The van der Waals surface area contributed by atoms with Crippen molar-refractivity contribution in [2.24, 2.45) is 0 Å². The molecule has 3 heterocycles. The summed E-state index contributed by atoms with van der Waals surface area (Å²) in [6.45, 7) is 0.483. The van der Waals surface area contributed by atoms with E-state index >= 15 is 0 Å². The molecule has 1 saturated heterocycles. The van der Waals surface area contributed by atoms with Crippen molar-refractivity contribution in [1.29, 1.82) is 0 Å². The summed E-state index contributed by atoms with van der Waals surface area (Å²) in [5.41, 5.74) is 1.02. The maximum absolute atomic E-state index is 14.8. The topological polar surface area (TPSA) is 133 Å². The first-order valence-electron chi connectivity index (χ1n) is 10.9. The van der Waals surface area contributed by atoms with Crippen LogP contribution in [0, 0.1) is 5.82 Å². The average Bonchev–Trinajstić information content (AvgIpc) is 3.57. The number of aromatic amines is 1. The van der Waals surface area contributed by atoms with Crippen LogP contribution in [0.3, 0.4) is 0 Å². The summed E-state index contributed by atoms with van der Waals surface area (Å²) in [4.78, 5) is 48.5. The first-order chi connectivity index (χ1) is 17.0. The molecule has 5 rings (SSSR count). The highest BCUT2D eigenvalue weighted by molar-refractivity contribution is 6.45. The first kappa shape index (κ1) is 22.4. The Balaban J connectivity index is 1.35.